The van der Waals surface area contributed by atoms with Gasteiger partial charge in [-0.1, -0.05) is 23.7 Å². The van der Waals surface area contributed by atoms with Crippen LogP contribution in [0.25, 0.3) is 11.3 Å². The highest BCUT2D eigenvalue weighted by Crippen LogP contribution is 2.25. The summed E-state index contributed by atoms with van der Waals surface area (Å²) in [5.74, 6) is -2.47. The predicted octanol–water partition coefficient (Wildman–Crippen LogP) is 2.80. The number of hydrogen-bond donors (Lipinski definition) is 2. The van der Waals surface area contributed by atoms with E-state index >= 15 is 0 Å². The van der Waals surface area contributed by atoms with Crippen LogP contribution in [0.4, 0.5) is 0 Å². The number of carbonyl (C=O) groups is 2. The molecule has 0 aliphatic rings. The van der Waals surface area contributed by atoms with Crippen LogP contribution < -0.4 is 0 Å². The van der Waals surface area contributed by atoms with Gasteiger partial charge in [0.1, 0.15) is 0 Å². The van der Waals surface area contributed by atoms with E-state index in [9.17, 15) is 9.59 Å². The third-order valence-corrected chi connectivity index (χ3v) is 2.70. The van der Waals surface area contributed by atoms with Crippen LogP contribution in [0.2, 0.25) is 5.02 Å². The molecule has 0 bridgehead atoms. The molecule has 1 aromatic heterocycles. The van der Waals surface area contributed by atoms with Gasteiger partial charge in [0.2, 0.25) is 0 Å². The van der Waals surface area contributed by atoms with E-state index < -0.39 is 11.9 Å². The average molecular weight is 278 g/mol. The molecular formula is C13H8ClNO4. The summed E-state index contributed by atoms with van der Waals surface area (Å²) in [5, 5.41) is 18.4. The number of aromatic carboxylic acids is 2. The average Bonchev–Trinajstić information content (AvgIpc) is 2.37. The van der Waals surface area contributed by atoms with Gasteiger partial charge in [-0.3, -0.25) is 4.98 Å². The van der Waals surface area contributed by atoms with Crippen LogP contribution in [0.15, 0.2) is 36.5 Å². The van der Waals surface area contributed by atoms with Crippen molar-refractivity contribution >= 4 is 23.5 Å². The van der Waals surface area contributed by atoms with Gasteiger partial charge in [0.25, 0.3) is 0 Å². The summed E-state index contributed by atoms with van der Waals surface area (Å²) in [7, 11) is 0. The second-order valence-corrected chi connectivity index (χ2v) is 4.18. The molecule has 1 aromatic carbocycles. The lowest BCUT2D eigenvalue weighted by atomic mass is 10.0. The Hall–Kier alpha value is -2.40. The molecular weight excluding hydrogens is 270 g/mol. The summed E-state index contributed by atoms with van der Waals surface area (Å²) in [5.41, 5.74) is 0.340. The Morgan fingerprint density at radius 1 is 1.11 bits per heavy atom. The maximum Gasteiger partial charge on any atom is 0.337 e. The smallest absolute Gasteiger partial charge is 0.337 e. The Bertz CT molecular complexity index is 669. The fourth-order valence-electron chi connectivity index (χ4n) is 1.61. The molecule has 6 heteroatoms. The summed E-state index contributed by atoms with van der Waals surface area (Å²) in [6.07, 6.45) is 1.12. The lowest BCUT2D eigenvalue weighted by molar-refractivity contribution is 0.0696. The second kappa shape index (κ2) is 5.07. The van der Waals surface area contributed by atoms with Crippen molar-refractivity contribution in [2.75, 3.05) is 0 Å². The van der Waals surface area contributed by atoms with Crippen LogP contribution in [0.1, 0.15) is 20.7 Å². The molecule has 19 heavy (non-hydrogen) atoms. The van der Waals surface area contributed by atoms with E-state index in [1.807, 2.05) is 0 Å². The van der Waals surface area contributed by atoms with Crippen molar-refractivity contribution in [1.82, 2.24) is 4.98 Å². The molecule has 0 saturated heterocycles. The molecule has 0 unspecified atom stereocenters. The summed E-state index contributed by atoms with van der Waals surface area (Å²) in [6.45, 7) is 0. The quantitative estimate of drug-likeness (QED) is 0.901. The van der Waals surface area contributed by atoms with E-state index in [0.29, 0.717) is 10.6 Å². The van der Waals surface area contributed by atoms with Crippen LogP contribution in [0.5, 0.6) is 0 Å². The zero-order valence-electron chi connectivity index (χ0n) is 9.50. The highest BCUT2D eigenvalue weighted by molar-refractivity contribution is 6.30. The van der Waals surface area contributed by atoms with Gasteiger partial charge < -0.3 is 10.2 Å². The van der Waals surface area contributed by atoms with E-state index in [1.54, 1.807) is 24.3 Å². The largest absolute Gasteiger partial charge is 0.478 e. The zero-order valence-corrected chi connectivity index (χ0v) is 10.3. The van der Waals surface area contributed by atoms with Crippen LogP contribution in [0, 0.1) is 0 Å². The normalized spacial score (nSPS) is 10.2. The maximum absolute atomic E-state index is 11.2. The fraction of sp³-hybridized carbons (Fsp3) is 0. The molecule has 0 radical (unpaired) electrons. The van der Waals surface area contributed by atoms with E-state index in [4.69, 9.17) is 21.8 Å². The van der Waals surface area contributed by atoms with Gasteiger partial charge in [0.15, 0.2) is 0 Å². The van der Waals surface area contributed by atoms with Crippen molar-refractivity contribution in [3.63, 3.8) is 0 Å². The van der Waals surface area contributed by atoms with E-state index in [1.165, 1.54) is 0 Å². The van der Waals surface area contributed by atoms with Crippen LogP contribution in [-0.2, 0) is 0 Å². The van der Waals surface area contributed by atoms with E-state index in [2.05, 4.69) is 4.98 Å². The van der Waals surface area contributed by atoms with Crippen LogP contribution >= 0.6 is 11.6 Å². The molecule has 0 aliphatic carbocycles. The van der Waals surface area contributed by atoms with Crippen molar-refractivity contribution in [2.24, 2.45) is 0 Å². The first kappa shape index (κ1) is 13.0. The minimum atomic E-state index is -1.24. The third kappa shape index (κ3) is 2.71. The Balaban J connectivity index is 2.63. The number of pyridine rings is 1. The highest BCUT2D eigenvalue weighted by atomic mass is 35.5. The maximum atomic E-state index is 11.2. The molecule has 2 aromatic rings. The fourth-order valence-corrected chi connectivity index (χ4v) is 1.80. The molecule has 0 saturated carbocycles. The minimum absolute atomic E-state index is 0.178. The Morgan fingerprint density at radius 3 is 2.42 bits per heavy atom. The van der Waals surface area contributed by atoms with Gasteiger partial charge in [0.05, 0.1) is 16.8 Å². The first-order chi connectivity index (χ1) is 8.99. The molecule has 0 amide bonds. The molecule has 1 heterocycles. The number of carboxylic acid groups (broad SMARTS) is 2. The molecule has 5 nitrogen and oxygen atoms in total. The monoisotopic (exact) mass is 277 g/mol. The molecule has 2 N–H and O–H groups in total. The number of carboxylic acids is 2. The number of halogens is 1. The molecule has 96 valence electrons. The number of rotatable bonds is 3. The zero-order chi connectivity index (χ0) is 14.0. The highest BCUT2D eigenvalue weighted by Gasteiger charge is 2.16. The van der Waals surface area contributed by atoms with Gasteiger partial charge in [0, 0.05) is 16.8 Å². The predicted molar refractivity (Wildman–Crippen MR) is 68.6 cm³/mol. The summed E-state index contributed by atoms with van der Waals surface area (Å²) >= 11 is 5.84. The standard InChI is InChI=1S/C13H8ClNO4/c14-9-3-1-2-7(4-9)11-10(13(18)19)5-8(6-15-11)12(16)17/h1-6H,(H,16,17)(H,18,19). The number of hydrogen-bond acceptors (Lipinski definition) is 3. The lowest BCUT2D eigenvalue weighted by Crippen LogP contribution is -2.06. The third-order valence-electron chi connectivity index (χ3n) is 2.46. The Morgan fingerprint density at radius 2 is 1.84 bits per heavy atom. The first-order valence-corrected chi connectivity index (χ1v) is 5.59. The summed E-state index contributed by atoms with van der Waals surface area (Å²) in [4.78, 5) is 25.9. The SMILES string of the molecule is O=C(O)c1cnc(-c2cccc(Cl)c2)c(C(=O)O)c1. The first-order valence-electron chi connectivity index (χ1n) is 5.21. The van der Waals surface area contributed by atoms with Crippen molar-refractivity contribution < 1.29 is 19.8 Å². The van der Waals surface area contributed by atoms with Gasteiger partial charge in [-0.25, -0.2) is 9.59 Å². The van der Waals surface area contributed by atoms with E-state index in [0.717, 1.165) is 12.3 Å². The Kier molecular flexibility index (Phi) is 3.48. The van der Waals surface area contributed by atoms with Gasteiger partial charge in [-0.05, 0) is 18.2 Å². The van der Waals surface area contributed by atoms with Crippen LogP contribution in [0.3, 0.4) is 0 Å². The molecule has 0 spiro atoms. The topological polar surface area (TPSA) is 87.5 Å². The van der Waals surface area contributed by atoms with Crippen molar-refractivity contribution in [3.8, 4) is 11.3 Å². The molecule has 0 atom stereocenters. The van der Waals surface area contributed by atoms with Gasteiger partial charge in [-0.15, -0.1) is 0 Å². The van der Waals surface area contributed by atoms with Gasteiger partial charge in [-0.2, -0.15) is 0 Å². The molecule has 0 fully saturated rings. The van der Waals surface area contributed by atoms with Crippen molar-refractivity contribution in [1.29, 1.82) is 0 Å². The second-order valence-electron chi connectivity index (χ2n) is 3.74. The lowest BCUT2D eigenvalue weighted by Gasteiger charge is -2.06. The number of aromatic nitrogens is 1. The number of nitrogens with zero attached hydrogens (tertiary/aromatic N) is 1. The number of benzene rings is 1. The van der Waals surface area contributed by atoms with Gasteiger partial charge >= 0.3 is 11.9 Å². The van der Waals surface area contributed by atoms with E-state index in [-0.39, 0.29) is 16.8 Å². The van der Waals surface area contributed by atoms with Crippen LogP contribution in [-0.4, -0.2) is 27.1 Å². The molecule has 2 rings (SSSR count). The summed E-state index contributed by atoms with van der Waals surface area (Å²) < 4.78 is 0. The van der Waals surface area contributed by atoms with Crippen molar-refractivity contribution in [2.45, 2.75) is 0 Å². The van der Waals surface area contributed by atoms with Crippen molar-refractivity contribution in [3.05, 3.63) is 52.7 Å². The minimum Gasteiger partial charge on any atom is -0.478 e. The molecule has 0 aliphatic heterocycles. The Labute approximate surface area is 113 Å². The summed E-state index contributed by atoms with van der Waals surface area (Å²) in [6, 6.07) is 7.61.